The van der Waals surface area contributed by atoms with Gasteiger partial charge in [-0.2, -0.15) is 0 Å². The Bertz CT molecular complexity index is 1260. The first-order valence-electron chi connectivity index (χ1n) is 10.1. The number of aldehydes is 1. The zero-order valence-corrected chi connectivity index (χ0v) is 17.7. The highest BCUT2D eigenvalue weighted by Crippen LogP contribution is 2.42. The van der Waals surface area contributed by atoms with Crippen LogP contribution in [-0.2, 0) is 29.5 Å². The van der Waals surface area contributed by atoms with Crippen molar-refractivity contribution in [1.82, 2.24) is 9.55 Å². The molecule has 0 atom stereocenters. The van der Waals surface area contributed by atoms with Crippen LogP contribution in [0, 0.1) is 19.7 Å². The molecule has 3 heterocycles. The van der Waals surface area contributed by atoms with Gasteiger partial charge in [0.15, 0.2) is 11.6 Å². The van der Waals surface area contributed by atoms with E-state index in [0.29, 0.717) is 52.7 Å². The highest BCUT2D eigenvalue weighted by molar-refractivity contribution is 5.99. The van der Waals surface area contributed by atoms with E-state index in [2.05, 4.69) is 4.98 Å². The van der Waals surface area contributed by atoms with E-state index >= 15 is 4.39 Å². The van der Waals surface area contributed by atoms with Gasteiger partial charge in [0.05, 0.1) is 13.0 Å². The SMILES string of the molecule is Cc1nc2c(cc(/C=C/C=O)n2C)c(-c2cc(F)c3c(c2C)CCCO3)c1CC(=O)O. The molecule has 1 aliphatic heterocycles. The van der Waals surface area contributed by atoms with Crippen LogP contribution in [0.25, 0.3) is 28.2 Å². The van der Waals surface area contributed by atoms with Crippen LogP contribution in [0.1, 0.15) is 34.5 Å². The molecule has 1 N–H and O–H groups in total. The number of aryl methyl sites for hydroxylation is 2. The summed E-state index contributed by atoms with van der Waals surface area (Å²) in [6.07, 6.45) is 5.02. The van der Waals surface area contributed by atoms with Crippen LogP contribution in [0.3, 0.4) is 0 Å². The van der Waals surface area contributed by atoms with Crippen molar-refractivity contribution in [1.29, 1.82) is 0 Å². The van der Waals surface area contributed by atoms with Crippen molar-refractivity contribution in [3.8, 4) is 16.9 Å². The van der Waals surface area contributed by atoms with Crippen molar-refractivity contribution in [2.75, 3.05) is 6.61 Å². The van der Waals surface area contributed by atoms with Crippen molar-refractivity contribution in [3.63, 3.8) is 0 Å². The third kappa shape index (κ3) is 3.50. The Labute approximate surface area is 179 Å². The highest BCUT2D eigenvalue weighted by Gasteiger charge is 2.26. The predicted molar refractivity (Wildman–Crippen MR) is 116 cm³/mol. The van der Waals surface area contributed by atoms with Crippen molar-refractivity contribution in [2.24, 2.45) is 7.05 Å². The van der Waals surface area contributed by atoms with Gasteiger partial charge in [-0.3, -0.25) is 9.59 Å². The minimum absolute atomic E-state index is 0.229. The maximum absolute atomic E-state index is 15.0. The number of carbonyl (C=O) groups is 2. The lowest BCUT2D eigenvalue weighted by Gasteiger charge is -2.23. The van der Waals surface area contributed by atoms with Crippen molar-refractivity contribution >= 4 is 29.4 Å². The van der Waals surface area contributed by atoms with E-state index < -0.39 is 11.8 Å². The summed E-state index contributed by atoms with van der Waals surface area (Å²) in [6.45, 7) is 4.17. The van der Waals surface area contributed by atoms with Crippen molar-refractivity contribution < 1.29 is 23.8 Å². The van der Waals surface area contributed by atoms with Gasteiger partial charge < -0.3 is 14.4 Å². The standard InChI is InChI=1S/C24H23FN2O4/c1-13-16-7-5-9-31-23(16)20(25)11-17(13)22-18(12-21(29)30)14(2)26-24-19(22)10-15(27(24)3)6-4-8-28/h4,6,8,10-11H,5,7,9,12H2,1-3H3,(H,29,30)/b6-4+. The third-order valence-electron chi connectivity index (χ3n) is 5.90. The summed E-state index contributed by atoms with van der Waals surface area (Å²) in [7, 11) is 1.83. The fourth-order valence-electron chi connectivity index (χ4n) is 4.39. The number of halogens is 1. The number of aliphatic carboxylic acids is 1. The molecule has 0 unspecified atom stereocenters. The highest BCUT2D eigenvalue weighted by atomic mass is 19.1. The third-order valence-corrected chi connectivity index (χ3v) is 5.90. The van der Waals surface area contributed by atoms with E-state index in [-0.39, 0.29) is 12.2 Å². The lowest BCUT2D eigenvalue weighted by Crippen LogP contribution is -2.13. The summed E-state index contributed by atoms with van der Waals surface area (Å²) < 4.78 is 22.4. The average molecular weight is 422 g/mol. The fourth-order valence-corrected chi connectivity index (χ4v) is 4.39. The number of aromatic nitrogens is 2. The second kappa shape index (κ2) is 7.98. The second-order valence-corrected chi connectivity index (χ2v) is 7.77. The van der Waals surface area contributed by atoms with Gasteiger partial charge in [-0.05, 0) is 73.2 Å². The van der Waals surface area contributed by atoms with Gasteiger partial charge in [0.25, 0.3) is 0 Å². The number of carbonyl (C=O) groups excluding carboxylic acids is 1. The van der Waals surface area contributed by atoms with Crippen LogP contribution < -0.4 is 4.74 Å². The van der Waals surface area contributed by atoms with Gasteiger partial charge in [-0.25, -0.2) is 9.37 Å². The van der Waals surface area contributed by atoms with Gasteiger partial charge in [-0.15, -0.1) is 0 Å². The molecule has 3 aromatic rings. The smallest absolute Gasteiger partial charge is 0.307 e. The zero-order valence-electron chi connectivity index (χ0n) is 17.7. The van der Waals surface area contributed by atoms with E-state index in [1.54, 1.807) is 13.0 Å². The molecule has 0 amide bonds. The molecule has 0 aliphatic carbocycles. The normalized spacial score (nSPS) is 13.4. The number of allylic oxidation sites excluding steroid dienone is 1. The van der Waals surface area contributed by atoms with Crippen LogP contribution in [-0.4, -0.2) is 33.5 Å². The van der Waals surface area contributed by atoms with E-state index in [0.717, 1.165) is 23.2 Å². The molecule has 0 radical (unpaired) electrons. The van der Waals surface area contributed by atoms with Crippen LogP contribution in [0.5, 0.6) is 5.75 Å². The molecule has 0 fully saturated rings. The Morgan fingerprint density at radius 2 is 2.13 bits per heavy atom. The lowest BCUT2D eigenvalue weighted by molar-refractivity contribution is -0.136. The number of ether oxygens (including phenoxy) is 1. The fraction of sp³-hybridized carbons (Fsp3) is 0.292. The van der Waals surface area contributed by atoms with Crippen LogP contribution in [0.15, 0.2) is 18.2 Å². The van der Waals surface area contributed by atoms with Crippen molar-refractivity contribution in [2.45, 2.75) is 33.1 Å². The number of hydrogen-bond acceptors (Lipinski definition) is 4. The summed E-state index contributed by atoms with van der Waals surface area (Å²) in [6, 6.07) is 3.29. The van der Waals surface area contributed by atoms with Gasteiger partial charge in [-0.1, -0.05) is 0 Å². The average Bonchev–Trinajstić information content (AvgIpc) is 3.05. The molecular weight excluding hydrogens is 399 g/mol. The maximum atomic E-state index is 15.0. The van der Waals surface area contributed by atoms with Crippen molar-refractivity contribution in [3.05, 3.63) is 52.1 Å². The Kier molecular flexibility index (Phi) is 5.35. The second-order valence-electron chi connectivity index (χ2n) is 7.77. The monoisotopic (exact) mass is 422 g/mol. The molecule has 160 valence electrons. The molecule has 7 heteroatoms. The Morgan fingerprint density at radius 3 is 2.84 bits per heavy atom. The van der Waals surface area contributed by atoms with E-state index in [1.165, 1.54) is 12.1 Å². The van der Waals surface area contributed by atoms with Crippen LogP contribution >= 0.6 is 0 Å². The molecule has 1 aromatic carbocycles. The number of carboxylic acid groups (broad SMARTS) is 1. The van der Waals surface area contributed by atoms with E-state index in [9.17, 15) is 14.7 Å². The number of pyridine rings is 1. The van der Waals surface area contributed by atoms with Gasteiger partial charge in [0.2, 0.25) is 0 Å². The first kappa shape index (κ1) is 20.8. The number of fused-ring (bicyclic) bond motifs is 2. The minimum Gasteiger partial charge on any atom is -0.490 e. The summed E-state index contributed by atoms with van der Waals surface area (Å²) in [5.41, 5.74) is 5.51. The Balaban J connectivity index is 2.10. The molecule has 2 aromatic heterocycles. The van der Waals surface area contributed by atoms with Gasteiger partial charge in [0, 0.05) is 29.4 Å². The molecule has 0 saturated heterocycles. The number of carboxylic acids is 1. The number of hydrogen-bond donors (Lipinski definition) is 1. The molecule has 0 spiro atoms. The number of benzene rings is 1. The maximum Gasteiger partial charge on any atom is 0.307 e. The molecule has 0 bridgehead atoms. The minimum atomic E-state index is -0.984. The molecule has 6 nitrogen and oxygen atoms in total. The first-order valence-corrected chi connectivity index (χ1v) is 10.1. The molecule has 31 heavy (non-hydrogen) atoms. The first-order chi connectivity index (χ1) is 14.8. The summed E-state index contributed by atoms with van der Waals surface area (Å²) in [5, 5.41) is 10.3. The zero-order chi connectivity index (χ0) is 22.3. The molecule has 0 saturated carbocycles. The van der Waals surface area contributed by atoms with Crippen LogP contribution in [0.4, 0.5) is 4.39 Å². The molecule has 4 rings (SSSR count). The predicted octanol–water partition coefficient (Wildman–Crippen LogP) is 4.16. The number of rotatable bonds is 5. The molecule has 1 aliphatic rings. The van der Waals surface area contributed by atoms with Gasteiger partial charge >= 0.3 is 5.97 Å². The summed E-state index contributed by atoms with van der Waals surface area (Å²) in [4.78, 5) is 27.1. The van der Waals surface area contributed by atoms with Gasteiger partial charge in [0.1, 0.15) is 11.9 Å². The Morgan fingerprint density at radius 1 is 1.35 bits per heavy atom. The summed E-state index contributed by atoms with van der Waals surface area (Å²) in [5.74, 6) is -1.14. The Hall–Kier alpha value is -3.48. The topological polar surface area (TPSA) is 81.4 Å². The summed E-state index contributed by atoms with van der Waals surface area (Å²) >= 11 is 0. The largest absolute Gasteiger partial charge is 0.490 e. The molecular formula is C24H23FN2O4. The van der Waals surface area contributed by atoms with E-state index in [1.807, 2.05) is 24.6 Å². The lowest BCUT2D eigenvalue weighted by atomic mass is 9.87. The van der Waals surface area contributed by atoms with E-state index in [4.69, 9.17) is 4.74 Å². The quantitative estimate of drug-likeness (QED) is 0.493. The number of nitrogens with zero attached hydrogens (tertiary/aromatic N) is 2. The van der Waals surface area contributed by atoms with Crippen LogP contribution in [0.2, 0.25) is 0 Å².